The Balaban J connectivity index is 1.83. The molecular formula is C23H20ClN2O6-. The molecule has 1 aliphatic heterocycles. The van der Waals surface area contributed by atoms with Crippen molar-refractivity contribution in [2.24, 2.45) is 0 Å². The Kier molecular flexibility index (Phi) is 7.27. The van der Waals surface area contributed by atoms with Gasteiger partial charge in [-0.3, -0.25) is 14.4 Å². The molecule has 0 aromatic heterocycles. The number of imide groups is 1. The minimum Gasteiger partial charge on any atom is -0.545 e. The second-order valence-electron chi connectivity index (χ2n) is 7.05. The molecule has 32 heavy (non-hydrogen) atoms. The van der Waals surface area contributed by atoms with Crippen molar-refractivity contribution in [2.75, 3.05) is 18.6 Å². The SMILES string of the molecule is COc1ccc(CCN(C(=O)/C=C/C(=O)[O-])[C@H]2CC(=O)N(c3ccc(Cl)cc3)C2=O)cc1. The number of anilines is 1. The van der Waals surface area contributed by atoms with Crippen molar-refractivity contribution >= 4 is 41.0 Å². The quantitative estimate of drug-likeness (QED) is 0.439. The van der Waals surface area contributed by atoms with Crippen LogP contribution in [-0.4, -0.2) is 48.3 Å². The fraction of sp³-hybridized carbons (Fsp3) is 0.217. The predicted molar refractivity (Wildman–Crippen MR) is 115 cm³/mol. The molecule has 0 radical (unpaired) electrons. The van der Waals surface area contributed by atoms with Crippen molar-refractivity contribution in [3.05, 3.63) is 71.3 Å². The summed E-state index contributed by atoms with van der Waals surface area (Å²) in [6.07, 6.45) is 1.59. The monoisotopic (exact) mass is 455 g/mol. The number of nitrogens with zero attached hydrogens (tertiary/aromatic N) is 2. The number of hydrogen-bond acceptors (Lipinski definition) is 6. The number of ether oxygens (including phenoxy) is 1. The minimum atomic E-state index is -1.54. The zero-order valence-corrected chi connectivity index (χ0v) is 17.9. The summed E-state index contributed by atoms with van der Waals surface area (Å²) in [5, 5.41) is 11.2. The Morgan fingerprint density at radius 1 is 1.12 bits per heavy atom. The normalized spacial score (nSPS) is 15.9. The number of carbonyl (C=O) groups is 4. The summed E-state index contributed by atoms with van der Waals surface area (Å²) in [5.41, 5.74) is 1.22. The van der Waals surface area contributed by atoms with E-state index in [1.54, 1.807) is 43.5 Å². The second kappa shape index (κ2) is 10.1. The Morgan fingerprint density at radius 3 is 2.38 bits per heavy atom. The molecule has 3 rings (SSSR count). The zero-order valence-electron chi connectivity index (χ0n) is 17.2. The highest BCUT2D eigenvalue weighted by molar-refractivity contribution is 6.31. The number of aliphatic carboxylic acids is 1. The van der Waals surface area contributed by atoms with Gasteiger partial charge in [-0.15, -0.1) is 0 Å². The maximum Gasteiger partial charge on any atom is 0.257 e. The molecular weight excluding hydrogens is 436 g/mol. The minimum absolute atomic E-state index is 0.0979. The Bertz CT molecular complexity index is 1050. The van der Waals surface area contributed by atoms with E-state index >= 15 is 0 Å². The molecule has 0 aliphatic carbocycles. The zero-order chi connectivity index (χ0) is 23.3. The number of carboxylic acids is 1. The predicted octanol–water partition coefficient (Wildman–Crippen LogP) is 1.36. The van der Waals surface area contributed by atoms with Crippen LogP contribution in [0.5, 0.6) is 5.75 Å². The van der Waals surface area contributed by atoms with E-state index in [4.69, 9.17) is 16.3 Å². The summed E-state index contributed by atoms with van der Waals surface area (Å²) in [6.45, 7) is 0.0979. The van der Waals surface area contributed by atoms with Gasteiger partial charge in [0.1, 0.15) is 11.8 Å². The van der Waals surface area contributed by atoms with E-state index in [0.29, 0.717) is 29.0 Å². The Labute approximate surface area is 189 Å². The molecule has 1 saturated heterocycles. The molecule has 166 valence electrons. The molecule has 3 amide bonds. The first-order chi connectivity index (χ1) is 15.3. The van der Waals surface area contributed by atoms with E-state index < -0.39 is 29.7 Å². The molecule has 1 aliphatic rings. The van der Waals surface area contributed by atoms with Crippen molar-refractivity contribution in [3.8, 4) is 5.75 Å². The smallest absolute Gasteiger partial charge is 0.257 e. The molecule has 0 unspecified atom stereocenters. The molecule has 0 spiro atoms. The van der Waals surface area contributed by atoms with Gasteiger partial charge in [0.2, 0.25) is 11.8 Å². The number of amides is 3. The summed E-state index contributed by atoms with van der Waals surface area (Å²) in [6, 6.07) is 12.3. The van der Waals surface area contributed by atoms with E-state index in [0.717, 1.165) is 16.5 Å². The van der Waals surface area contributed by atoms with Gasteiger partial charge >= 0.3 is 0 Å². The maximum absolute atomic E-state index is 13.1. The molecule has 1 heterocycles. The van der Waals surface area contributed by atoms with E-state index in [2.05, 4.69) is 0 Å². The number of carbonyl (C=O) groups excluding carboxylic acids is 4. The van der Waals surface area contributed by atoms with Gasteiger partial charge < -0.3 is 19.5 Å². The van der Waals surface area contributed by atoms with Crippen LogP contribution in [0.2, 0.25) is 5.02 Å². The number of rotatable bonds is 8. The van der Waals surface area contributed by atoms with Crippen molar-refractivity contribution in [1.82, 2.24) is 4.90 Å². The van der Waals surface area contributed by atoms with Gasteiger partial charge in [-0.05, 0) is 54.5 Å². The molecule has 1 fully saturated rings. The summed E-state index contributed by atoms with van der Waals surface area (Å²) in [4.78, 5) is 51.4. The lowest BCUT2D eigenvalue weighted by atomic mass is 10.1. The van der Waals surface area contributed by atoms with Crippen LogP contribution >= 0.6 is 11.6 Å². The van der Waals surface area contributed by atoms with Gasteiger partial charge in [-0.2, -0.15) is 0 Å². The molecule has 0 N–H and O–H groups in total. The van der Waals surface area contributed by atoms with Crippen LogP contribution in [0.4, 0.5) is 5.69 Å². The lowest BCUT2D eigenvalue weighted by molar-refractivity contribution is -0.297. The largest absolute Gasteiger partial charge is 0.545 e. The Hall–Kier alpha value is -3.65. The van der Waals surface area contributed by atoms with E-state index in [1.165, 1.54) is 4.90 Å². The van der Waals surface area contributed by atoms with Gasteiger partial charge in [-0.25, -0.2) is 4.90 Å². The Morgan fingerprint density at radius 2 is 1.78 bits per heavy atom. The summed E-state index contributed by atoms with van der Waals surface area (Å²) < 4.78 is 5.12. The van der Waals surface area contributed by atoms with E-state index in [-0.39, 0.29) is 13.0 Å². The highest BCUT2D eigenvalue weighted by Gasteiger charge is 2.43. The van der Waals surface area contributed by atoms with Crippen LogP contribution in [0, 0.1) is 0 Å². The lowest BCUT2D eigenvalue weighted by Gasteiger charge is -2.26. The molecule has 9 heteroatoms. The maximum atomic E-state index is 13.1. The molecule has 8 nitrogen and oxygen atoms in total. The third-order valence-corrected chi connectivity index (χ3v) is 5.28. The molecule has 2 aromatic rings. The second-order valence-corrected chi connectivity index (χ2v) is 7.48. The fourth-order valence-corrected chi connectivity index (χ4v) is 3.54. The fourth-order valence-electron chi connectivity index (χ4n) is 3.42. The molecule has 1 atom stereocenters. The average molecular weight is 456 g/mol. The van der Waals surface area contributed by atoms with Gasteiger partial charge in [0, 0.05) is 17.6 Å². The standard InChI is InChI=1S/C23H21ClN2O6/c1-32-18-8-2-15(3-9-18)12-13-25(20(27)10-11-22(29)30)19-14-21(28)26(23(19)31)17-6-4-16(24)5-7-17/h2-11,19H,12-14H2,1H3,(H,29,30)/p-1/b11-10+/t19-/m0/s1. The molecule has 0 bridgehead atoms. The van der Waals surface area contributed by atoms with Crippen molar-refractivity contribution < 1.29 is 29.0 Å². The van der Waals surface area contributed by atoms with Crippen molar-refractivity contribution in [3.63, 3.8) is 0 Å². The van der Waals surface area contributed by atoms with Crippen molar-refractivity contribution in [2.45, 2.75) is 18.9 Å². The van der Waals surface area contributed by atoms with Gasteiger partial charge in [0.15, 0.2) is 0 Å². The first-order valence-corrected chi connectivity index (χ1v) is 10.1. The van der Waals surface area contributed by atoms with Gasteiger partial charge in [-0.1, -0.05) is 23.7 Å². The third-order valence-electron chi connectivity index (χ3n) is 5.03. The summed E-state index contributed by atoms with van der Waals surface area (Å²) in [5.74, 6) is -2.60. The highest BCUT2D eigenvalue weighted by Crippen LogP contribution is 2.27. The number of hydrogen-bond donors (Lipinski definition) is 0. The number of benzene rings is 2. The van der Waals surface area contributed by atoms with Crippen LogP contribution < -0.4 is 14.7 Å². The summed E-state index contributed by atoms with van der Waals surface area (Å²) >= 11 is 5.88. The van der Waals surface area contributed by atoms with E-state index in [9.17, 15) is 24.3 Å². The number of methoxy groups -OCH3 is 1. The van der Waals surface area contributed by atoms with Gasteiger partial charge in [0.25, 0.3) is 5.91 Å². The van der Waals surface area contributed by atoms with Gasteiger partial charge in [0.05, 0.1) is 25.2 Å². The van der Waals surface area contributed by atoms with Crippen LogP contribution in [0.3, 0.4) is 0 Å². The van der Waals surface area contributed by atoms with Crippen molar-refractivity contribution in [1.29, 1.82) is 0 Å². The van der Waals surface area contributed by atoms with Crippen LogP contribution in [0.25, 0.3) is 0 Å². The van der Waals surface area contributed by atoms with Crippen LogP contribution in [-0.2, 0) is 25.6 Å². The lowest BCUT2D eigenvalue weighted by Crippen LogP contribution is -2.46. The van der Waals surface area contributed by atoms with Crippen LogP contribution in [0.15, 0.2) is 60.7 Å². The number of halogens is 1. The third kappa shape index (κ3) is 5.33. The first kappa shape index (κ1) is 23.0. The number of carboxylic acid groups (broad SMARTS) is 1. The van der Waals surface area contributed by atoms with E-state index in [1.807, 2.05) is 12.1 Å². The highest BCUT2D eigenvalue weighted by atomic mass is 35.5. The van der Waals surface area contributed by atoms with Crippen LogP contribution in [0.1, 0.15) is 12.0 Å². The summed E-state index contributed by atoms with van der Waals surface area (Å²) in [7, 11) is 1.55. The average Bonchev–Trinajstić information content (AvgIpc) is 3.07. The topological polar surface area (TPSA) is 107 Å². The molecule has 2 aromatic carbocycles. The first-order valence-electron chi connectivity index (χ1n) is 9.75. The molecule has 0 saturated carbocycles.